The Morgan fingerprint density at radius 1 is 1.05 bits per heavy atom. The maximum atomic E-state index is 3.55. The molecule has 2 fully saturated rings. The summed E-state index contributed by atoms with van der Waals surface area (Å²) >= 11 is 0. The fraction of sp³-hybridized carbons (Fsp3) is 1.00. The molecule has 0 bridgehead atoms. The average molecular weight is 295 g/mol. The lowest BCUT2D eigenvalue weighted by atomic mass is 9.86. The molecule has 21 heavy (non-hydrogen) atoms. The van der Waals surface area contributed by atoms with E-state index in [1.807, 2.05) is 0 Å². The zero-order valence-electron chi connectivity index (χ0n) is 14.6. The molecule has 0 aliphatic carbocycles. The van der Waals surface area contributed by atoms with Crippen LogP contribution in [0, 0.1) is 11.8 Å². The van der Waals surface area contributed by atoms with Gasteiger partial charge in [-0.25, -0.2) is 0 Å². The first kappa shape index (κ1) is 17.3. The lowest BCUT2D eigenvalue weighted by Gasteiger charge is -2.39. The third-order valence-electron chi connectivity index (χ3n) is 5.88. The van der Waals surface area contributed by atoms with E-state index in [0.717, 1.165) is 17.9 Å². The van der Waals surface area contributed by atoms with Crippen molar-refractivity contribution in [3.63, 3.8) is 0 Å². The predicted molar refractivity (Wildman–Crippen MR) is 92.7 cm³/mol. The van der Waals surface area contributed by atoms with Crippen molar-refractivity contribution in [1.82, 2.24) is 10.2 Å². The lowest BCUT2D eigenvalue weighted by molar-refractivity contribution is 0.101. The summed E-state index contributed by atoms with van der Waals surface area (Å²) in [7, 11) is 0. The van der Waals surface area contributed by atoms with Crippen molar-refractivity contribution in [1.29, 1.82) is 0 Å². The van der Waals surface area contributed by atoms with E-state index in [4.69, 9.17) is 0 Å². The first-order valence-corrected chi connectivity index (χ1v) is 9.79. The first-order chi connectivity index (χ1) is 10.3. The standard InChI is InChI=1S/C19H38N2/c1-3-5-9-17(4-2)16-21-15-8-6-7-10-19(21)18-11-13-20-14-12-18/h17-20H,3-16H2,1-2H3. The van der Waals surface area contributed by atoms with Crippen LogP contribution in [0.1, 0.15) is 78.1 Å². The Morgan fingerprint density at radius 2 is 1.86 bits per heavy atom. The Bertz CT molecular complexity index is 260. The average Bonchev–Trinajstić information content (AvgIpc) is 2.77. The highest BCUT2D eigenvalue weighted by Crippen LogP contribution is 2.29. The van der Waals surface area contributed by atoms with Crippen molar-refractivity contribution in [2.45, 2.75) is 84.1 Å². The summed E-state index contributed by atoms with van der Waals surface area (Å²) in [4.78, 5) is 2.92. The van der Waals surface area contributed by atoms with E-state index in [9.17, 15) is 0 Å². The summed E-state index contributed by atoms with van der Waals surface area (Å²) in [5, 5.41) is 3.55. The van der Waals surface area contributed by atoms with Crippen LogP contribution in [0.15, 0.2) is 0 Å². The summed E-state index contributed by atoms with van der Waals surface area (Å²) in [6.45, 7) is 9.99. The van der Waals surface area contributed by atoms with E-state index in [0.29, 0.717) is 0 Å². The molecular formula is C19H38N2. The Hall–Kier alpha value is -0.0800. The van der Waals surface area contributed by atoms with Crippen LogP contribution >= 0.6 is 0 Å². The van der Waals surface area contributed by atoms with Crippen LogP contribution in [-0.2, 0) is 0 Å². The second-order valence-electron chi connectivity index (χ2n) is 7.42. The van der Waals surface area contributed by atoms with E-state index in [1.54, 1.807) is 0 Å². The molecule has 0 aromatic carbocycles. The van der Waals surface area contributed by atoms with Gasteiger partial charge in [0, 0.05) is 12.6 Å². The van der Waals surface area contributed by atoms with Crippen molar-refractivity contribution in [3.8, 4) is 0 Å². The largest absolute Gasteiger partial charge is 0.317 e. The maximum Gasteiger partial charge on any atom is 0.0125 e. The van der Waals surface area contributed by atoms with Gasteiger partial charge in [-0.1, -0.05) is 46.0 Å². The molecule has 1 N–H and O–H groups in total. The van der Waals surface area contributed by atoms with Gasteiger partial charge in [0.05, 0.1) is 0 Å². The molecule has 2 nitrogen and oxygen atoms in total. The molecule has 2 aliphatic heterocycles. The van der Waals surface area contributed by atoms with E-state index < -0.39 is 0 Å². The molecule has 124 valence electrons. The molecule has 2 unspecified atom stereocenters. The van der Waals surface area contributed by atoms with Gasteiger partial charge in [-0.3, -0.25) is 4.90 Å². The van der Waals surface area contributed by atoms with Gasteiger partial charge >= 0.3 is 0 Å². The Labute approximate surface area is 133 Å². The lowest BCUT2D eigenvalue weighted by Crippen LogP contribution is -2.46. The predicted octanol–water partition coefficient (Wildman–Crippen LogP) is 4.45. The second kappa shape index (κ2) is 9.84. The van der Waals surface area contributed by atoms with Gasteiger partial charge < -0.3 is 5.32 Å². The number of hydrogen-bond acceptors (Lipinski definition) is 2. The van der Waals surface area contributed by atoms with Crippen molar-refractivity contribution < 1.29 is 0 Å². The van der Waals surface area contributed by atoms with Gasteiger partial charge in [-0.05, 0) is 63.6 Å². The fourth-order valence-electron chi connectivity index (χ4n) is 4.43. The molecule has 0 saturated carbocycles. The van der Waals surface area contributed by atoms with E-state index in [1.165, 1.54) is 90.4 Å². The molecule has 0 amide bonds. The third-order valence-corrected chi connectivity index (χ3v) is 5.88. The van der Waals surface area contributed by atoms with Crippen LogP contribution in [0.5, 0.6) is 0 Å². The summed E-state index contributed by atoms with van der Waals surface area (Å²) in [5.41, 5.74) is 0. The quantitative estimate of drug-likeness (QED) is 0.746. The summed E-state index contributed by atoms with van der Waals surface area (Å²) < 4.78 is 0. The molecule has 0 spiro atoms. The molecule has 0 aromatic rings. The van der Waals surface area contributed by atoms with Crippen molar-refractivity contribution in [3.05, 3.63) is 0 Å². The van der Waals surface area contributed by atoms with Crippen LogP contribution < -0.4 is 5.32 Å². The van der Waals surface area contributed by atoms with Crippen LogP contribution in [0.2, 0.25) is 0 Å². The number of nitrogens with zero attached hydrogens (tertiary/aromatic N) is 1. The number of rotatable bonds is 7. The topological polar surface area (TPSA) is 15.3 Å². The number of likely N-dealkylation sites (tertiary alicyclic amines) is 1. The molecule has 2 rings (SSSR count). The highest BCUT2D eigenvalue weighted by Gasteiger charge is 2.30. The normalized spacial score (nSPS) is 27.4. The Balaban J connectivity index is 1.93. The van der Waals surface area contributed by atoms with Crippen molar-refractivity contribution in [2.75, 3.05) is 26.2 Å². The van der Waals surface area contributed by atoms with Crippen LogP contribution in [0.25, 0.3) is 0 Å². The van der Waals surface area contributed by atoms with E-state index in [-0.39, 0.29) is 0 Å². The van der Waals surface area contributed by atoms with Crippen LogP contribution in [0.4, 0.5) is 0 Å². The van der Waals surface area contributed by atoms with Gasteiger partial charge in [-0.15, -0.1) is 0 Å². The minimum atomic E-state index is 0.894. The fourth-order valence-corrected chi connectivity index (χ4v) is 4.43. The van der Waals surface area contributed by atoms with E-state index in [2.05, 4.69) is 24.1 Å². The first-order valence-electron chi connectivity index (χ1n) is 9.79. The molecule has 2 aliphatic rings. The zero-order chi connectivity index (χ0) is 14.9. The van der Waals surface area contributed by atoms with Crippen LogP contribution in [-0.4, -0.2) is 37.1 Å². The molecule has 0 aromatic heterocycles. The van der Waals surface area contributed by atoms with Gasteiger partial charge in [0.15, 0.2) is 0 Å². The second-order valence-corrected chi connectivity index (χ2v) is 7.42. The smallest absolute Gasteiger partial charge is 0.0125 e. The highest BCUT2D eigenvalue weighted by molar-refractivity contribution is 4.85. The minimum absolute atomic E-state index is 0.894. The monoisotopic (exact) mass is 294 g/mol. The SMILES string of the molecule is CCCCC(CC)CN1CCCCCC1C1CCNCC1. The maximum absolute atomic E-state index is 3.55. The zero-order valence-corrected chi connectivity index (χ0v) is 14.6. The molecule has 0 radical (unpaired) electrons. The van der Waals surface area contributed by atoms with Gasteiger partial charge in [0.1, 0.15) is 0 Å². The third kappa shape index (κ3) is 5.56. The number of unbranched alkanes of at least 4 members (excludes halogenated alkanes) is 1. The summed E-state index contributed by atoms with van der Waals surface area (Å²) in [5.74, 6) is 1.90. The summed E-state index contributed by atoms with van der Waals surface area (Å²) in [6.07, 6.45) is 14.2. The van der Waals surface area contributed by atoms with Gasteiger partial charge in [0.25, 0.3) is 0 Å². The molecular weight excluding hydrogens is 256 g/mol. The van der Waals surface area contributed by atoms with Crippen molar-refractivity contribution in [2.24, 2.45) is 11.8 Å². The summed E-state index contributed by atoms with van der Waals surface area (Å²) in [6, 6.07) is 0.894. The van der Waals surface area contributed by atoms with Crippen molar-refractivity contribution >= 4 is 0 Å². The van der Waals surface area contributed by atoms with Gasteiger partial charge in [0.2, 0.25) is 0 Å². The molecule has 2 heterocycles. The Morgan fingerprint density at radius 3 is 2.57 bits per heavy atom. The molecule has 2 heteroatoms. The van der Waals surface area contributed by atoms with Crippen LogP contribution in [0.3, 0.4) is 0 Å². The Kier molecular flexibility index (Phi) is 8.10. The van der Waals surface area contributed by atoms with E-state index >= 15 is 0 Å². The number of hydrogen-bond donors (Lipinski definition) is 1. The highest BCUT2D eigenvalue weighted by atomic mass is 15.2. The number of piperidine rings is 1. The molecule has 2 atom stereocenters. The van der Waals surface area contributed by atoms with Gasteiger partial charge in [-0.2, -0.15) is 0 Å². The minimum Gasteiger partial charge on any atom is -0.317 e. The molecule has 2 saturated heterocycles. The number of nitrogens with one attached hydrogen (secondary N) is 1.